The molecule has 0 spiro atoms. The highest BCUT2D eigenvalue weighted by molar-refractivity contribution is 4.56. The molecule has 82 valence electrons. The first-order chi connectivity index (χ1) is 6.31. The van der Waals surface area contributed by atoms with E-state index in [0.29, 0.717) is 13.2 Å². The number of aliphatic hydroxyl groups excluding tert-OH is 1. The first-order valence-corrected chi connectivity index (χ1v) is 4.90. The van der Waals surface area contributed by atoms with E-state index in [1.807, 2.05) is 13.8 Å². The largest absolute Gasteiger partial charge is 0.392 e. The summed E-state index contributed by atoms with van der Waals surface area (Å²) < 4.78 is 0. The summed E-state index contributed by atoms with van der Waals surface area (Å²) in [5.41, 5.74) is 0. The average Bonchev–Trinajstić information content (AvgIpc) is 2.16. The molecule has 0 saturated heterocycles. The van der Waals surface area contributed by atoms with Crippen molar-refractivity contribution in [3.8, 4) is 0 Å². The molecule has 0 aliphatic heterocycles. The van der Waals surface area contributed by atoms with Gasteiger partial charge in [-0.25, -0.2) is 4.89 Å². The Hall–Kier alpha value is -0.160. The highest BCUT2D eigenvalue weighted by atomic mass is 17.1. The maximum Gasteiger partial charge on any atom is 0.0819 e. The van der Waals surface area contributed by atoms with Gasteiger partial charge in [0.1, 0.15) is 0 Å². The summed E-state index contributed by atoms with van der Waals surface area (Å²) in [6.07, 6.45) is 2.14. The smallest absolute Gasteiger partial charge is 0.0819 e. The van der Waals surface area contributed by atoms with E-state index < -0.39 is 0 Å². The van der Waals surface area contributed by atoms with E-state index in [2.05, 4.69) is 10.2 Å². The van der Waals surface area contributed by atoms with Gasteiger partial charge in [-0.05, 0) is 26.3 Å². The molecule has 0 aromatic carbocycles. The third-order valence-corrected chi connectivity index (χ3v) is 1.46. The predicted molar refractivity (Wildman–Crippen MR) is 53.7 cm³/mol. The fourth-order valence-electron chi connectivity index (χ4n) is 0.884. The van der Waals surface area contributed by atoms with Gasteiger partial charge < -0.3 is 10.4 Å². The average molecular weight is 193 g/mol. The first-order valence-electron chi connectivity index (χ1n) is 4.90. The van der Waals surface area contributed by atoms with Crippen molar-refractivity contribution in [1.82, 2.24) is 5.32 Å². The second-order valence-electron chi connectivity index (χ2n) is 2.54. The van der Waals surface area contributed by atoms with Crippen LogP contribution in [0.15, 0.2) is 0 Å². The molecule has 0 bridgehead atoms. The molecule has 0 heterocycles. The van der Waals surface area contributed by atoms with Crippen LogP contribution in [-0.4, -0.2) is 36.7 Å². The second-order valence-corrected chi connectivity index (χ2v) is 2.54. The number of likely N-dealkylation sites (N-methyl/N-ethyl adjacent to an activating group) is 1. The van der Waals surface area contributed by atoms with Gasteiger partial charge >= 0.3 is 0 Å². The van der Waals surface area contributed by atoms with Gasteiger partial charge in [-0.15, -0.1) is 0 Å². The molecule has 13 heavy (non-hydrogen) atoms. The summed E-state index contributed by atoms with van der Waals surface area (Å²) >= 11 is 0. The van der Waals surface area contributed by atoms with Crippen LogP contribution in [-0.2, 0) is 4.89 Å². The van der Waals surface area contributed by atoms with Crippen molar-refractivity contribution in [3.63, 3.8) is 0 Å². The van der Waals surface area contributed by atoms with E-state index in [0.717, 1.165) is 19.3 Å². The molecule has 0 aromatic heterocycles. The maximum absolute atomic E-state index is 9.18. The quantitative estimate of drug-likeness (QED) is 0.323. The van der Waals surface area contributed by atoms with Crippen LogP contribution in [0.2, 0.25) is 0 Å². The Morgan fingerprint density at radius 3 is 2.38 bits per heavy atom. The van der Waals surface area contributed by atoms with Gasteiger partial charge in [0.15, 0.2) is 0 Å². The van der Waals surface area contributed by atoms with Gasteiger partial charge in [0.2, 0.25) is 0 Å². The van der Waals surface area contributed by atoms with E-state index in [1.54, 1.807) is 7.05 Å². The van der Waals surface area contributed by atoms with Crippen molar-refractivity contribution in [3.05, 3.63) is 0 Å². The zero-order chi connectivity index (χ0) is 10.5. The summed E-state index contributed by atoms with van der Waals surface area (Å²) in [7, 11) is 1.81. The molecular formula is C9H23NO3. The third kappa shape index (κ3) is 14.7. The van der Waals surface area contributed by atoms with Crippen molar-refractivity contribution in [1.29, 1.82) is 0 Å². The molecular weight excluding hydrogens is 170 g/mol. The normalized spacial score (nSPS) is 11.8. The Morgan fingerprint density at radius 1 is 1.31 bits per heavy atom. The van der Waals surface area contributed by atoms with Crippen LogP contribution in [0.5, 0.6) is 0 Å². The number of unbranched alkanes of at least 4 members (excludes halogenated alkanes) is 1. The molecule has 3 N–H and O–H groups in total. The molecule has 4 nitrogen and oxygen atoms in total. The Labute approximate surface area is 80.8 Å². The lowest BCUT2D eigenvalue weighted by atomic mass is 10.1. The van der Waals surface area contributed by atoms with Gasteiger partial charge in [-0.1, -0.05) is 13.8 Å². The molecule has 0 aliphatic rings. The first kappa shape index (κ1) is 15.3. The van der Waals surface area contributed by atoms with Gasteiger partial charge in [0.25, 0.3) is 0 Å². The molecule has 0 amide bonds. The highest BCUT2D eigenvalue weighted by Crippen LogP contribution is 1.99. The van der Waals surface area contributed by atoms with Crippen LogP contribution in [0.3, 0.4) is 0 Å². The monoisotopic (exact) mass is 193 g/mol. The minimum atomic E-state index is -0.279. The highest BCUT2D eigenvalue weighted by Gasteiger charge is 2.00. The minimum absolute atomic E-state index is 0.279. The van der Waals surface area contributed by atoms with E-state index >= 15 is 0 Å². The molecule has 0 aliphatic carbocycles. The van der Waals surface area contributed by atoms with Crippen LogP contribution < -0.4 is 5.32 Å². The van der Waals surface area contributed by atoms with Gasteiger partial charge in [0, 0.05) is 6.54 Å². The van der Waals surface area contributed by atoms with Gasteiger partial charge in [0.05, 0.1) is 12.7 Å². The van der Waals surface area contributed by atoms with Crippen molar-refractivity contribution in [2.24, 2.45) is 0 Å². The second kappa shape index (κ2) is 14.4. The Bertz CT molecular complexity index is 81.3. The van der Waals surface area contributed by atoms with E-state index in [4.69, 9.17) is 5.26 Å². The lowest BCUT2D eigenvalue weighted by molar-refractivity contribution is -0.242. The van der Waals surface area contributed by atoms with Crippen molar-refractivity contribution in [2.45, 2.75) is 39.2 Å². The maximum atomic E-state index is 9.18. The number of nitrogens with one attached hydrogen (secondary N) is 1. The topological polar surface area (TPSA) is 61.7 Å². The summed E-state index contributed by atoms with van der Waals surface area (Å²) in [5, 5.41) is 20.0. The van der Waals surface area contributed by atoms with E-state index in [1.165, 1.54) is 0 Å². The molecule has 4 heteroatoms. The molecule has 0 radical (unpaired) electrons. The van der Waals surface area contributed by atoms with Crippen LogP contribution in [0, 0.1) is 0 Å². The van der Waals surface area contributed by atoms with Crippen molar-refractivity contribution >= 4 is 0 Å². The third-order valence-electron chi connectivity index (χ3n) is 1.46. The Balaban J connectivity index is 0. The van der Waals surface area contributed by atoms with Crippen molar-refractivity contribution < 1.29 is 15.3 Å². The molecule has 0 saturated carbocycles. The summed E-state index contributed by atoms with van der Waals surface area (Å²) in [6, 6.07) is 0. The van der Waals surface area contributed by atoms with E-state index in [-0.39, 0.29) is 6.10 Å². The predicted octanol–water partition coefficient (Wildman–Crippen LogP) is 1.25. The van der Waals surface area contributed by atoms with Crippen LogP contribution in [0.4, 0.5) is 0 Å². The molecule has 0 rings (SSSR count). The molecule has 1 atom stereocenters. The van der Waals surface area contributed by atoms with Crippen molar-refractivity contribution in [2.75, 3.05) is 20.2 Å². The zero-order valence-corrected chi connectivity index (χ0v) is 8.92. The van der Waals surface area contributed by atoms with Crippen LogP contribution >= 0.6 is 0 Å². The lowest BCUT2D eigenvalue weighted by Gasteiger charge is -2.08. The fourth-order valence-corrected chi connectivity index (χ4v) is 0.884. The van der Waals surface area contributed by atoms with Gasteiger partial charge in [-0.3, -0.25) is 5.26 Å². The molecule has 1 unspecified atom stereocenters. The van der Waals surface area contributed by atoms with Crippen LogP contribution in [0.1, 0.15) is 33.1 Å². The number of rotatable bonds is 7. The number of aliphatic hydroxyl groups is 1. The molecule has 0 fully saturated rings. The minimum Gasteiger partial charge on any atom is -0.392 e. The lowest BCUT2D eigenvalue weighted by Crippen LogP contribution is -2.23. The number of hydrogen-bond acceptors (Lipinski definition) is 4. The number of hydrogen-bond donors (Lipinski definition) is 3. The SMILES string of the molecule is CC.CNCC(O)CCCCOO. The van der Waals surface area contributed by atoms with Gasteiger partial charge in [-0.2, -0.15) is 0 Å². The molecule has 0 aromatic rings. The zero-order valence-electron chi connectivity index (χ0n) is 8.92. The van der Waals surface area contributed by atoms with E-state index in [9.17, 15) is 5.11 Å². The summed E-state index contributed by atoms with van der Waals surface area (Å²) in [4.78, 5) is 3.89. The summed E-state index contributed by atoms with van der Waals surface area (Å²) in [6.45, 7) is 4.98. The Morgan fingerprint density at radius 2 is 1.92 bits per heavy atom. The fraction of sp³-hybridized carbons (Fsp3) is 1.00. The Kier molecular flexibility index (Phi) is 16.9. The van der Waals surface area contributed by atoms with Crippen LogP contribution in [0.25, 0.3) is 0 Å². The summed E-state index contributed by atoms with van der Waals surface area (Å²) in [5.74, 6) is 0. The standard InChI is InChI=1S/C7H17NO3.C2H6/c1-8-6-7(9)4-2-3-5-11-10;1-2/h7-10H,2-6H2,1H3;1-2H3.